The highest BCUT2D eigenvalue weighted by atomic mass is 16.5. The lowest BCUT2D eigenvalue weighted by atomic mass is 10.0. The first-order valence-electron chi connectivity index (χ1n) is 8.44. The zero-order valence-corrected chi connectivity index (χ0v) is 14.6. The van der Waals surface area contributed by atoms with Crippen molar-refractivity contribution < 1.29 is 14.3 Å². The second-order valence-corrected chi connectivity index (χ2v) is 5.92. The number of methoxy groups -OCH3 is 1. The molecule has 0 N–H and O–H groups in total. The number of ether oxygens (including phenoxy) is 2. The number of carbonyl (C=O) groups is 1. The molecule has 1 heterocycles. The summed E-state index contributed by atoms with van der Waals surface area (Å²) in [5.74, 6) is 0.371. The average Bonchev–Trinajstić information content (AvgIpc) is 2.72. The van der Waals surface area contributed by atoms with Crippen LogP contribution in [0, 0.1) is 11.3 Å². The molecule has 3 rings (SSSR count). The molecule has 5 heteroatoms. The van der Waals surface area contributed by atoms with E-state index in [-0.39, 0.29) is 11.4 Å². The first-order chi connectivity index (χ1) is 12.7. The summed E-state index contributed by atoms with van der Waals surface area (Å²) in [6.45, 7) is 3.20. The van der Waals surface area contributed by atoms with Crippen LogP contribution in [0.5, 0.6) is 5.75 Å². The fraction of sp³-hybridized carbons (Fsp3) is 0.238. The van der Waals surface area contributed by atoms with Crippen molar-refractivity contribution in [3.8, 4) is 11.8 Å². The number of anilines is 1. The topological polar surface area (TPSA) is 62.6 Å². The van der Waals surface area contributed by atoms with Crippen molar-refractivity contribution in [1.29, 1.82) is 5.26 Å². The lowest BCUT2D eigenvalue weighted by Gasteiger charge is -2.28. The smallest absolute Gasteiger partial charge is 0.203 e. The van der Waals surface area contributed by atoms with Crippen molar-refractivity contribution in [3.05, 3.63) is 65.2 Å². The zero-order valence-electron chi connectivity index (χ0n) is 14.6. The Kier molecular flexibility index (Phi) is 5.67. The summed E-state index contributed by atoms with van der Waals surface area (Å²) in [5.41, 5.74) is 2.50. The minimum absolute atomic E-state index is 0.106. The number of carbonyl (C=O) groups excluding carboxylic acids is 1. The van der Waals surface area contributed by atoms with Gasteiger partial charge in [-0.1, -0.05) is 12.1 Å². The average molecular weight is 348 g/mol. The molecule has 26 heavy (non-hydrogen) atoms. The highest BCUT2D eigenvalue weighted by molar-refractivity contribution is 6.14. The molecule has 0 aromatic heterocycles. The first-order valence-corrected chi connectivity index (χ1v) is 8.44. The van der Waals surface area contributed by atoms with Gasteiger partial charge < -0.3 is 14.4 Å². The first kappa shape index (κ1) is 17.7. The van der Waals surface area contributed by atoms with Gasteiger partial charge in [-0.25, -0.2) is 0 Å². The van der Waals surface area contributed by atoms with Crippen LogP contribution in [-0.2, 0) is 4.74 Å². The number of hydrogen-bond acceptors (Lipinski definition) is 5. The fourth-order valence-electron chi connectivity index (χ4n) is 2.82. The van der Waals surface area contributed by atoms with E-state index in [0.29, 0.717) is 11.3 Å². The summed E-state index contributed by atoms with van der Waals surface area (Å²) in [6.07, 6.45) is 1.62. The Morgan fingerprint density at radius 3 is 2.35 bits per heavy atom. The van der Waals surface area contributed by atoms with Gasteiger partial charge in [0, 0.05) is 24.3 Å². The van der Waals surface area contributed by atoms with Crippen LogP contribution in [0.15, 0.2) is 54.1 Å². The van der Waals surface area contributed by atoms with E-state index < -0.39 is 0 Å². The van der Waals surface area contributed by atoms with Gasteiger partial charge in [-0.3, -0.25) is 4.79 Å². The third-order valence-electron chi connectivity index (χ3n) is 4.30. The molecule has 132 valence electrons. The number of benzene rings is 2. The van der Waals surface area contributed by atoms with Gasteiger partial charge in [-0.15, -0.1) is 0 Å². The van der Waals surface area contributed by atoms with Crippen LogP contribution in [0.2, 0.25) is 0 Å². The number of nitrogens with zero attached hydrogens (tertiary/aromatic N) is 2. The van der Waals surface area contributed by atoms with E-state index in [1.54, 1.807) is 37.5 Å². The molecule has 0 spiro atoms. The Morgan fingerprint density at radius 1 is 1.12 bits per heavy atom. The molecule has 1 aliphatic rings. The molecule has 2 aromatic rings. The third kappa shape index (κ3) is 4.11. The van der Waals surface area contributed by atoms with Crippen LogP contribution >= 0.6 is 0 Å². The minimum Gasteiger partial charge on any atom is -0.497 e. The van der Waals surface area contributed by atoms with Gasteiger partial charge in [0.25, 0.3) is 0 Å². The molecule has 0 radical (unpaired) electrons. The number of hydrogen-bond donors (Lipinski definition) is 0. The monoisotopic (exact) mass is 348 g/mol. The van der Waals surface area contributed by atoms with Crippen molar-refractivity contribution in [2.45, 2.75) is 0 Å². The Balaban J connectivity index is 1.77. The van der Waals surface area contributed by atoms with Gasteiger partial charge in [-0.2, -0.15) is 5.26 Å². The van der Waals surface area contributed by atoms with E-state index in [1.165, 1.54) is 0 Å². The summed E-state index contributed by atoms with van der Waals surface area (Å²) < 4.78 is 10.5. The molecule has 1 fully saturated rings. The molecular weight excluding hydrogens is 328 g/mol. The number of allylic oxidation sites excluding steroid dienone is 1. The number of rotatable bonds is 5. The Labute approximate surface area is 153 Å². The van der Waals surface area contributed by atoms with Crippen LogP contribution < -0.4 is 9.64 Å². The summed E-state index contributed by atoms with van der Waals surface area (Å²) in [6, 6.07) is 16.6. The number of nitriles is 1. The maximum absolute atomic E-state index is 12.5. The van der Waals surface area contributed by atoms with Crippen molar-refractivity contribution in [2.24, 2.45) is 0 Å². The lowest BCUT2D eigenvalue weighted by molar-refractivity contribution is 0.104. The summed E-state index contributed by atoms with van der Waals surface area (Å²) in [5, 5.41) is 9.39. The van der Waals surface area contributed by atoms with Crippen LogP contribution in [0.1, 0.15) is 15.9 Å². The van der Waals surface area contributed by atoms with E-state index >= 15 is 0 Å². The van der Waals surface area contributed by atoms with Crippen LogP contribution in [0.25, 0.3) is 6.08 Å². The number of morpholine rings is 1. The molecule has 0 saturated carbocycles. The molecule has 2 aromatic carbocycles. The summed E-state index contributed by atoms with van der Waals surface area (Å²) in [4.78, 5) is 14.8. The molecular formula is C21H20N2O3. The normalized spacial score (nSPS) is 14.6. The van der Waals surface area contributed by atoms with Gasteiger partial charge in [0.05, 0.1) is 20.3 Å². The van der Waals surface area contributed by atoms with Gasteiger partial charge in [-0.05, 0) is 48.0 Å². The molecule has 0 aliphatic carbocycles. The molecule has 0 atom stereocenters. The summed E-state index contributed by atoms with van der Waals surface area (Å²) in [7, 11) is 1.57. The largest absolute Gasteiger partial charge is 0.497 e. The van der Waals surface area contributed by atoms with E-state index in [2.05, 4.69) is 4.90 Å². The van der Waals surface area contributed by atoms with Crippen molar-refractivity contribution in [1.82, 2.24) is 0 Å². The number of Topliss-reactive ketones (excluding diaryl/α,β-unsaturated/α-hetero) is 1. The lowest BCUT2D eigenvalue weighted by Crippen LogP contribution is -2.36. The number of ketones is 1. The van der Waals surface area contributed by atoms with E-state index in [4.69, 9.17) is 9.47 Å². The molecule has 1 aliphatic heterocycles. The van der Waals surface area contributed by atoms with E-state index in [0.717, 1.165) is 37.6 Å². The maximum Gasteiger partial charge on any atom is 0.203 e. The zero-order chi connectivity index (χ0) is 18.4. The quantitative estimate of drug-likeness (QED) is 0.471. The third-order valence-corrected chi connectivity index (χ3v) is 4.30. The summed E-state index contributed by atoms with van der Waals surface area (Å²) >= 11 is 0. The highest BCUT2D eigenvalue weighted by Gasteiger charge is 2.13. The van der Waals surface area contributed by atoms with E-state index in [9.17, 15) is 10.1 Å². The Bertz CT molecular complexity index is 827. The fourth-order valence-corrected chi connectivity index (χ4v) is 2.82. The van der Waals surface area contributed by atoms with Gasteiger partial charge in [0.15, 0.2) is 0 Å². The predicted octanol–water partition coefficient (Wildman–Crippen LogP) is 3.32. The molecule has 0 amide bonds. The van der Waals surface area contributed by atoms with Gasteiger partial charge >= 0.3 is 0 Å². The molecule has 0 unspecified atom stereocenters. The van der Waals surface area contributed by atoms with Gasteiger partial charge in [0.2, 0.25) is 5.78 Å². The Hall–Kier alpha value is -3.10. The van der Waals surface area contributed by atoms with Crippen LogP contribution in [0.4, 0.5) is 5.69 Å². The molecule has 1 saturated heterocycles. The van der Waals surface area contributed by atoms with Crippen molar-refractivity contribution >= 4 is 17.5 Å². The van der Waals surface area contributed by atoms with Crippen LogP contribution in [0.3, 0.4) is 0 Å². The molecule has 5 nitrogen and oxygen atoms in total. The standard InChI is InChI=1S/C21H20N2O3/c1-25-20-8-4-17(5-9-20)21(24)18(15-22)14-16-2-6-19(7-3-16)23-10-12-26-13-11-23/h2-9,14H,10-13H2,1H3/b18-14+. The second kappa shape index (κ2) is 8.32. The molecule has 0 bridgehead atoms. The van der Waals surface area contributed by atoms with Crippen molar-refractivity contribution in [3.63, 3.8) is 0 Å². The van der Waals surface area contributed by atoms with Crippen molar-refractivity contribution in [2.75, 3.05) is 38.3 Å². The Morgan fingerprint density at radius 2 is 1.77 bits per heavy atom. The SMILES string of the molecule is COc1ccc(C(=O)/C(C#N)=C/c2ccc(N3CCOCC3)cc2)cc1. The predicted molar refractivity (Wildman–Crippen MR) is 100 cm³/mol. The highest BCUT2D eigenvalue weighted by Crippen LogP contribution is 2.20. The van der Waals surface area contributed by atoms with E-state index in [1.807, 2.05) is 30.3 Å². The minimum atomic E-state index is -0.299. The maximum atomic E-state index is 12.5. The van der Waals surface area contributed by atoms with Gasteiger partial charge in [0.1, 0.15) is 17.4 Å². The van der Waals surface area contributed by atoms with Crippen LogP contribution in [-0.4, -0.2) is 39.2 Å². The second-order valence-electron chi connectivity index (χ2n) is 5.92.